The number of nitrogens with one attached hydrogen (secondary N) is 1. The summed E-state index contributed by atoms with van der Waals surface area (Å²) in [5.41, 5.74) is 13.3. The number of aromatic nitrogens is 3. The summed E-state index contributed by atoms with van der Waals surface area (Å²) in [6.07, 6.45) is 7.92. The zero-order valence-corrected chi connectivity index (χ0v) is 20.3. The van der Waals surface area contributed by atoms with Crippen LogP contribution in [0.2, 0.25) is 0 Å². The number of anilines is 1. The number of nitrogens with zero attached hydrogens (tertiary/aromatic N) is 4. The quantitative estimate of drug-likeness (QED) is 0.242. The molecule has 0 amide bonds. The predicted octanol–water partition coefficient (Wildman–Crippen LogP) is 3.57. The number of phenolic OH excluding ortho intramolecular Hbond substituents is 1. The highest BCUT2D eigenvalue weighted by Gasteiger charge is 2.26. The van der Waals surface area contributed by atoms with Crippen LogP contribution in [0.15, 0.2) is 60.1 Å². The van der Waals surface area contributed by atoms with Crippen LogP contribution in [-0.4, -0.2) is 56.0 Å². The molecule has 0 radical (unpaired) electrons. The van der Waals surface area contributed by atoms with E-state index in [4.69, 9.17) is 15.5 Å². The molecule has 9 heteroatoms. The minimum atomic E-state index is -0.559. The third-order valence-corrected chi connectivity index (χ3v) is 6.60. The molecule has 2 atom stereocenters. The zero-order valence-electron chi connectivity index (χ0n) is 20.3. The van der Waals surface area contributed by atoms with E-state index in [-0.39, 0.29) is 17.6 Å². The van der Waals surface area contributed by atoms with E-state index in [0.29, 0.717) is 43.0 Å². The van der Waals surface area contributed by atoms with Crippen molar-refractivity contribution in [1.29, 1.82) is 0 Å². The van der Waals surface area contributed by atoms with Gasteiger partial charge >= 0.3 is 0 Å². The van der Waals surface area contributed by atoms with Crippen LogP contribution in [0.25, 0.3) is 16.6 Å². The predicted molar refractivity (Wildman–Crippen MR) is 140 cm³/mol. The molecule has 0 bridgehead atoms. The summed E-state index contributed by atoms with van der Waals surface area (Å²) in [6.45, 7) is 4.94. The lowest BCUT2D eigenvalue weighted by Gasteiger charge is -2.30. The third kappa shape index (κ3) is 4.62. The highest BCUT2D eigenvalue weighted by Crippen LogP contribution is 2.32. The first-order chi connectivity index (χ1) is 17.4. The second-order valence-corrected chi connectivity index (χ2v) is 9.03. The Labute approximate surface area is 209 Å². The van der Waals surface area contributed by atoms with Crippen molar-refractivity contribution in [2.24, 2.45) is 10.7 Å². The fourth-order valence-corrected chi connectivity index (χ4v) is 4.52. The number of aliphatic hydroxyl groups is 1. The Balaban J connectivity index is 1.64. The topological polar surface area (TPSA) is 130 Å². The lowest BCUT2D eigenvalue weighted by Crippen LogP contribution is -2.42. The first-order valence-electron chi connectivity index (χ1n) is 12.1. The number of aryl methyl sites for hydroxylation is 2. The summed E-state index contributed by atoms with van der Waals surface area (Å²) in [7, 11) is 0. The van der Waals surface area contributed by atoms with E-state index in [1.54, 1.807) is 35.1 Å². The van der Waals surface area contributed by atoms with Crippen molar-refractivity contribution in [3.63, 3.8) is 0 Å². The Morgan fingerprint density at radius 2 is 2.14 bits per heavy atom. The Hall–Kier alpha value is -3.95. The number of hydrogen-bond acceptors (Lipinski definition) is 7. The van der Waals surface area contributed by atoms with E-state index in [0.717, 1.165) is 27.8 Å². The van der Waals surface area contributed by atoms with Crippen LogP contribution >= 0.6 is 0 Å². The van der Waals surface area contributed by atoms with Gasteiger partial charge in [-0.25, -0.2) is 9.51 Å². The molecule has 4 heterocycles. The third-order valence-electron chi connectivity index (χ3n) is 6.60. The van der Waals surface area contributed by atoms with E-state index < -0.39 is 6.10 Å². The van der Waals surface area contributed by atoms with Gasteiger partial charge in [0.15, 0.2) is 0 Å². The molecule has 36 heavy (non-hydrogen) atoms. The maximum Gasteiger partial charge on any atom is 0.135 e. The van der Waals surface area contributed by atoms with Crippen molar-refractivity contribution in [2.75, 3.05) is 18.5 Å². The molecule has 9 nitrogen and oxygen atoms in total. The summed E-state index contributed by atoms with van der Waals surface area (Å²) < 4.78 is 7.41. The van der Waals surface area contributed by atoms with Gasteiger partial charge in [-0.05, 0) is 61.2 Å². The average molecular weight is 487 g/mol. The monoisotopic (exact) mass is 486 g/mol. The molecule has 3 aromatic heterocycles. The summed E-state index contributed by atoms with van der Waals surface area (Å²) in [5, 5.41) is 28.6. The Bertz CT molecular complexity index is 1430. The van der Waals surface area contributed by atoms with Crippen molar-refractivity contribution in [3.05, 3.63) is 71.8 Å². The van der Waals surface area contributed by atoms with Gasteiger partial charge in [0.2, 0.25) is 0 Å². The molecule has 0 aliphatic carbocycles. The van der Waals surface area contributed by atoms with Crippen molar-refractivity contribution in [3.8, 4) is 16.9 Å². The largest absolute Gasteiger partial charge is 0.508 e. The summed E-state index contributed by atoms with van der Waals surface area (Å²) in [4.78, 5) is 8.97. The fourth-order valence-electron chi connectivity index (χ4n) is 4.52. The SMILES string of the molecule is CCc1cc(O)ccc1N=C(N)c1cnn2cc(-c3cnccc3C)cc2c1N[C@@H]1COCC[C@H]1O. The van der Waals surface area contributed by atoms with Gasteiger partial charge in [-0.15, -0.1) is 0 Å². The minimum Gasteiger partial charge on any atom is -0.508 e. The zero-order chi connectivity index (χ0) is 25.2. The van der Waals surface area contributed by atoms with E-state index in [1.165, 1.54) is 0 Å². The number of ether oxygens (including phenoxy) is 1. The number of aliphatic imine (C=N–C) groups is 1. The van der Waals surface area contributed by atoms with Crippen LogP contribution in [0.3, 0.4) is 0 Å². The summed E-state index contributed by atoms with van der Waals surface area (Å²) in [5.74, 6) is 0.465. The summed E-state index contributed by atoms with van der Waals surface area (Å²) >= 11 is 0. The highest BCUT2D eigenvalue weighted by atomic mass is 16.5. The number of pyridine rings is 1. The Morgan fingerprint density at radius 3 is 2.92 bits per heavy atom. The molecule has 186 valence electrons. The van der Waals surface area contributed by atoms with Gasteiger partial charge in [0.1, 0.15) is 11.6 Å². The van der Waals surface area contributed by atoms with Crippen LogP contribution in [-0.2, 0) is 11.2 Å². The van der Waals surface area contributed by atoms with Crippen molar-refractivity contribution >= 4 is 22.7 Å². The van der Waals surface area contributed by atoms with E-state index in [2.05, 4.69) is 15.4 Å². The summed E-state index contributed by atoms with van der Waals surface area (Å²) in [6, 6.07) is 8.73. The molecule has 0 spiro atoms. The second kappa shape index (κ2) is 9.96. The van der Waals surface area contributed by atoms with Crippen LogP contribution in [0, 0.1) is 6.92 Å². The standard InChI is InChI=1S/C27H30N6O3/c1-3-17-10-19(34)4-5-22(17)32-27(28)21-13-30-33-14-18(20-12-29-8-6-16(20)2)11-24(33)26(21)31-23-15-36-9-7-25(23)35/h4-6,8,10-14,23,25,31,34-35H,3,7,9,15H2,1-2H3,(H2,28,32)/t23-,25-/m1/s1. The van der Waals surface area contributed by atoms with E-state index >= 15 is 0 Å². The number of aromatic hydroxyl groups is 1. The second-order valence-electron chi connectivity index (χ2n) is 9.03. The normalized spacial score (nSPS) is 18.5. The van der Waals surface area contributed by atoms with E-state index in [1.807, 2.05) is 38.4 Å². The number of fused-ring (bicyclic) bond motifs is 1. The molecule has 0 saturated carbocycles. The lowest BCUT2D eigenvalue weighted by molar-refractivity contribution is 0.00318. The molecule has 5 N–H and O–H groups in total. The number of amidine groups is 1. The highest BCUT2D eigenvalue weighted by molar-refractivity contribution is 6.06. The van der Waals surface area contributed by atoms with Gasteiger partial charge < -0.3 is 26.0 Å². The van der Waals surface area contributed by atoms with Crippen LogP contribution < -0.4 is 11.1 Å². The van der Waals surface area contributed by atoms with E-state index in [9.17, 15) is 10.2 Å². The van der Waals surface area contributed by atoms with Crippen LogP contribution in [0.5, 0.6) is 5.75 Å². The molecule has 1 aromatic carbocycles. The molecule has 1 saturated heterocycles. The first kappa shape index (κ1) is 23.8. The lowest BCUT2D eigenvalue weighted by atomic mass is 10.0. The number of benzene rings is 1. The van der Waals surface area contributed by atoms with Crippen LogP contribution in [0.4, 0.5) is 11.4 Å². The number of nitrogens with two attached hydrogens (primary N) is 1. The van der Waals surface area contributed by atoms with Crippen molar-refractivity contribution in [1.82, 2.24) is 14.6 Å². The number of aliphatic hydroxyl groups excluding tert-OH is 1. The first-order valence-corrected chi connectivity index (χ1v) is 12.1. The molecule has 5 rings (SSSR count). The molecule has 1 aliphatic heterocycles. The van der Waals surface area contributed by atoms with Gasteiger partial charge in [0.05, 0.1) is 47.4 Å². The van der Waals surface area contributed by atoms with Gasteiger partial charge in [-0.2, -0.15) is 5.10 Å². The number of rotatable bonds is 6. The Morgan fingerprint density at radius 1 is 1.28 bits per heavy atom. The van der Waals surface area contributed by atoms with Gasteiger partial charge in [0, 0.05) is 36.3 Å². The smallest absolute Gasteiger partial charge is 0.135 e. The molecule has 0 unspecified atom stereocenters. The maximum atomic E-state index is 10.6. The Kier molecular flexibility index (Phi) is 6.58. The van der Waals surface area contributed by atoms with Crippen molar-refractivity contribution < 1.29 is 14.9 Å². The van der Waals surface area contributed by atoms with Crippen LogP contribution in [0.1, 0.15) is 30.0 Å². The van der Waals surface area contributed by atoms with Gasteiger partial charge in [-0.3, -0.25) is 4.98 Å². The fraction of sp³-hybridized carbons (Fsp3) is 0.296. The maximum absolute atomic E-state index is 10.6. The van der Waals surface area contributed by atoms with Gasteiger partial charge in [-0.1, -0.05) is 6.92 Å². The van der Waals surface area contributed by atoms with Gasteiger partial charge in [0.25, 0.3) is 0 Å². The molecule has 4 aromatic rings. The number of phenols is 1. The minimum absolute atomic E-state index is 0.188. The molecular formula is C27H30N6O3. The molecular weight excluding hydrogens is 456 g/mol. The molecule has 1 fully saturated rings. The molecule has 1 aliphatic rings. The average Bonchev–Trinajstić information content (AvgIpc) is 3.31. The van der Waals surface area contributed by atoms with Crippen molar-refractivity contribution in [2.45, 2.75) is 38.8 Å². The number of hydrogen-bond donors (Lipinski definition) is 4.